The molecular formula is C24H17NO3. The molecule has 1 amide bonds. The van der Waals surface area contributed by atoms with Crippen LogP contribution in [-0.4, -0.2) is 11.9 Å². The summed E-state index contributed by atoms with van der Waals surface area (Å²) < 4.78 is 5.60. The molecule has 0 atom stereocenters. The van der Waals surface area contributed by atoms with Crippen molar-refractivity contribution in [3.05, 3.63) is 108 Å². The van der Waals surface area contributed by atoms with Gasteiger partial charge in [0.15, 0.2) is 0 Å². The molecule has 4 heteroatoms. The van der Waals surface area contributed by atoms with E-state index < -0.39 is 5.97 Å². The van der Waals surface area contributed by atoms with Crippen molar-refractivity contribution in [2.45, 2.75) is 0 Å². The third-order valence-electron chi connectivity index (χ3n) is 4.38. The second-order valence-corrected chi connectivity index (χ2v) is 6.23. The Morgan fingerprint density at radius 2 is 1.29 bits per heavy atom. The van der Waals surface area contributed by atoms with Crippen molar-refractivity contribution < 1.29 is 14.3 Å². The number of rotatable bonds is 4. The van der Waals surface area contributed by atoms with Crippen LogP contribution in [0.15, 0.2) is 97.1 Å². The monoisotopic (exact) mass is 367 g/mol. The van der Waals surface area contributed by atoms with Gasteiger partial charge in [0.1, 0.15) is 5.75 Å². The Bertz CT molecular complexity index is 1150. The summed E-state index contributed by atoms with van der Waals surface area (Å²) in [6, 6.07) is 28.9. The van der Waals surface area contributed by atoms with Crippen LogP contribution in [0.5, 0.6) is 5.75 Å². The minimum absolute atomic E-state index is 0.217. The van der Waals surface area contributed by atoms with Gasteiger partial charge in [0, 0.05) is 5.69 Å². The zero-order valence-corrected chi connectivity index (χ0v) is 15.0. The maximum Gasteiger partial charge on any atom is 0.344 e. The molecule has 4 aromatic carbocycles. The summed E-state index contributed by atoms with van der Waals surface area (Å²) in [4.78, 5) is 25.5. The standard InChI is InChI=1S/C24H17NO3/c26-23(25-18-11-2-1-3-12-18)21-14-6-7-16-22(21)28-24(27)20-15-8-10-17-9-4-5-13-19(17)20/h1-16H,(H,25,26). The molecule has 0 saturated carbocycles. The molecule has 0 saturated heterocycles. The predicted octanol–water partition coefficient (Wildman–Crippen LogP) is 5.31. The molecule has 4 rings (SSSR count). The van der Waals surface area contributed by atoms with Crippen molar-refractivity contribution in [1.29, 1.82) is 0 Å². The second-order valence-electron chi connectivity index (χ2n) is 6.23. The molecule has 0 heterocycles. The van der Waals surface area contributed by atoms with Crippen LogP contribution in [-0.2, 0) is 0 Å². The van der Waals surface area contributed by atoms with Crippen molar-refractivity contribution in [2.75, 3.05) is 5.32 Å². The van der Waals surface area contributed by atoms with Crippen LogP contribution in [0.25, 0.3) is 10.8 Å². The number of esters is 1. The molecule has 0 spiro atoms. The number of anilines is 1. The third-order valence-corrected chi connectivity index (χ3v) is 4.38. The topological polar surface area (TPSA) is 55.4 Å². The van der Waals surface area contributed by atoms with Crippen molar-refractivity contribution in [3.8, 4) is 5.75 Å². The van der Waals surface area contributed by atoms with Crippen molar-refractivity contribution in [3.63, 3.8) is 0 Å². The fraction of sp³-hybridized carbons (Fsp3) is 0. The number of benzene rings is 4. The summed E-state index contributed by atoms with van der Waals surface area (Å²) in [5.41, 5.74) is 1.42. The number of hydrogen-bond donors (Lipinski definition) is 1. The molecule has 0 aromatic heterocycles. The van der Waals surface area contributed by atoms with Crippen LogP contribution >= 0.6 is 0 Å². The van der Waals surface area contributed by atoms with Gasteiger partial charge in [0.25, 0.3) is 5.91 Å². The van der Waals surface area contributed by atoms with E-state index in [2.05, 4.69) is 5.32 Å². The number of ether oxygens (including phenoxy) is 1. The van der Waals surface area contributed by atoms with Gasteiger partial charge >= 0.3 is 5.97 Å². The van der Waals surface area contributed by atoms with Crippen LogP contribution in [0.4, 0.5) is 5.69 Å². The van der Waals surface area contributed by atoms with Crippen LogP contribution < -0.4 is 10.1 Å². The highest BCUT2D eigenvalue weighted by Gasteiger charge is 2.17. The van der Waals surface area contributed by atoms with Crippen LogP contribution in [0.2, 0.25) is 0 Å². The first-order valence-electron chi connectivity index (χ1n) is 8.88. The average molecular weight is 367 g/mol. The summed E-state index contributed by atoms with van der Waals surface area (Å²) >= 11 is 0. The fourth-order valence-electron chi connectivity index (χ4n) is 3.02. The van der Waals surface area contributed by atoms with E-state index in [1.54, 1.807) is 42.5 Å². The Morgan fingerprint density at radius 1 is 0.643 bits per heavy atom. The Hall–Kier alpha value is -3.92. The van der Waals surface area contributed by atoms with E-state index in [9.17, 15) is 9.59 Å². The van der Waals surface area contributed by atoms with Gasteiger partial charge in [-0.25, -0.2) is 4.79 Å². The first-order chi connectivity index (χ1) is 13.7. The van der Waals surface area contributed by atoms with E-state index in [0.717, 1.165) is 10.8 Å². The highest BCUT2D eigenvalue weighted by molar-refractivity contribution is 6.08. The zero-order chi connectivity index (χ0) is 19.3. The van der Waals surface area contributed by atoms with Crippen molar-refractivity contribution in [1.82, 2.24) is 0 Å². The van der Waals surface area contributed by atoms with Crippen molar-refractivity contribution >= 4 is 28.3 Å². The fourth-order valence-corrected chi connectivity index (χ4v) is 3.02. The maximum absolute atomic E-state index is 12.8. The molecule has 0 bridgehead atoms. The first-order valence-corrected chi connectivity index (χ1v) is 8.88. The minimum Gasteiger partial charge on any atom is -0.422 e. The maximum atomic E-state index is 12.8. The number of carbonyl (C=O) groups excluding carboxylic acids is 2. The van der Waals surface area contributed by atoms with Crippen LogP contribution in [0.1, 0.15) is 20.7 Å². The van der Waals surface area contributed by atoms with Gasteiger partial charge < -0.3 is 10.1 Å². The predicted molar refractivity (Wildman–Crippen MR) is 110 cm³/mol. The van der Waals surface area contributed by atoms with Gasteiger partial charge in [0.2, 0.25) is 0 Å². The SMILES string of the molecule is O=C(Nc1ccccc1)c1ccccc1OC(=O)c1cccc2ccccc12. The van der Waals surface area contributed by atoms with E-state index >= 15 is 0 Å². The number of hydrogen-bond acceptors (Lipinski definition) is 3. The molecule has 1 N–H and O–H groups in total. The Kier molecular flexibility index (Phi) is 4.85. The lowest BCUT2D eigenvalue weighted by Gasteiger charge is -2.11. The summed E-state index contributed by atoms with van der Waals surface area (Å²) in [7, 11) is 0. The summed E-state index contributed by atoms with van der Waals surface area (Å²) in [6.07, 6.45) is 0. The number of para-hydroxylation sites is 2. The first kappa shape index (κ1) is 17.5. The highest BCUT2D eigenvalue weighted by Crippen LogP contribution is 2.24. The zero-order valence-electron chi connectivity index (χ0n) is 15.0. The summed E-state index contributed by atoms with van der Waals surface area (Å²) in [5.74, 6) is -0.627. The minimum atomic E-state index is -0.503. The largest absolute Gasteiger partial charge is 0.422 e. The van der Waals surface area contributed by atoms with Gasteiger partial charge in [-0.3, -0.25) is 4.79 Å². The Balaban J connectivity index is 1.62. The summed E-state index contributed by atoms with van der Waals surface area (Å²) in [6.45, 7) is 0. The van der Waals surface area contributed by atoms with Gasteiger partial charge in [-0.2, -0.15) is 0 Å². The van der Waals surface area contributed by atoms with Crippen molar-refractivity contribution in [2.24, 2.45) is 0 Å². The normalized spacial score (nSPS) is 10.4. The number of amides is 1. The number of nitrogens with one attached hydrogen (secondary N) is 1. The van der Waals surface area contributed by atoms with E-state index in [4.69, 9.17) is 4.74 Å². The van der Waals surface area contributed by atoms with Gasteiger partial charge in [-0.05, 0) is 41.1 Å². The van der Waals surface area contributed by atoms with Gasteiger partial charge in [-0.1, -0.05) is 66.7 Å². The molecule has 0 aliphatic rings. The molecule has 0 unspecified atom stereocenters. The smallest absolute Gasteiger partial charge is 0.344 e. The van der Waals surface area contributed by atoms with Crippen LogP contribution in [0, 0.1) is 0 Å². The molecule has 0 aliphatic heterocycles. The lowest BCUT2D eigenvalue weighted by atomic mass is 10.0. The molecule has 0 fully saturated rings. The highest BCUT2D eigenvalue weighted by atomic mass is 16.5. The lowest BCUT2D eigenvalue weighted by molar-refractivity contribution is 0.0735. The molecule has 136 valence electrons. The van der Waals surface area contributed by atoms with E-state index in [1.165, 1.54) is 0 Å². The van der Waals surface area contributed by atoms with E-state index in [1.807, 2.05) is 54.6 Å². The quantitative estimate of drug-likeness (QED) is 0.393. The van der Waals surface area contributed by atoms with E-state index in [0.29, 0.717) is 16.8 Å². The van der Waals surface area contributed by atoms with Gasteiger partial charge in [-0.15, -0.1) is 0 Å². The molecule has 28 heavy (non-hydrogen) atoms. The summed E-state index contributed by atoms with van der Waals surface area (Å²) in [5, 5.41) is 4.57. The van der Waals surface area contributed by atoms with Crippen LogP contribution in [0.3, 0.4) is 0 Å². The molecule has 0 aliphatic carbocycles. The number of fused-ring (bicyclic) bond motifs is 1. The molecule has 0 radical (unpaired) electrons. The average Bonchev–Trinajstić information content (AvgIpc) is 2.74. The lowest BCUT2D eigenvalue weighted by Crippen LogP contribution is -2.16. The Morgan fingerprint density at radius 3 is 2.14 bits per heavy atom. The van der Waals surface area contributed by atoms with E-state index in [-0.39, 0.29) is 11.7 Å². The second kappa shape index (κ2) is 7.76. The van der Waals surface area contributed by atoms with Gasteiger partial charge in [0.05, 0.1) is 11.1 Å². The number of carbonyl (C=O) groups is 2. The molecule has 4 aromatic rings. The Labute approximate surface area is 162 Å². The molecule has 4 nitrogen and oxygen atoms in total. The molecular weight excluding hydrogens is 350 g/mol. The third kappa shape index (κ3) is 3.62.